The molecule has 1 heterocycles. The van der Waals surface area contributed by atoms with E-state index in [1.54, 1.807) is 24.3 Å². The summed E-state index contributed by atoms with van der Waals surface area (Å²) in [5.41, 5.74) is -0.294. The Hall–Kier alpha value is -2.89. The maximum atomic E-state index is 11.9. The predicted octanol–water partition coefficient (Wildman–Crippen LogP) is 2.01. The molecule has 6 nitrogen and oxygen atoms in total. The average Bonchev–Trinajstić information content (AvgIpc) is 2.47. The Morgan fingerprint density at radius 3 is 2.40 bits per heavy atom. The molecule has 20 heavy (non-hydrogen) atoms. The van der Waals surface area contributed by atoms with Crippen molar-refractivity contribution < 1.29 is 24.2 Å². The number of carboxylic acid groups (broad SMARTS) is 1. The molecular weight excluding hydrogens is 262 g/mol. The highest BCUT2D eigenvalue weighted by atomic mass is 16.5. The van der Waals surface area contributed by atoms with Crippen molar-refractivity contribution in [3.05, 3.63) is 53.9 Å². The van der Waals surface area contributed by atoms with E-state index in [0.717, 1.165) is 0 Å². The summed E-state index contributed by atoms with van der Waals surface area (Å²) in [6.45, 7) is 0. The van der Waals surface area contributed by atoms with Crippen LogP contribution < -0.4 is 9.47 Å². The van der Waals surface area contributed by atoms with E-state index < -0.39 is 11.9 Å². The summed E-state index contributed by atoms with van der Waals surface area (Å²) in [5.74, 6) is -1.11. The van der Waals surface area contributed by atoms with E-state index in [9.17, 15) is 9.59 Å². The van der Waals surface area contributed by atoms with Gasteiger partial charge in [0.1, 0.15) is 22.9 Å². The summed E-state index contributed by atoms with van der Waals surface area (Å²) in [6.07, 6.45) is 0. The Bertz CT molecular complexity index is 654. The number of carboxylic acids is 1. The molecular formula is C14H11NO5. The largest absolute Gasteiger partial charge is 0.497 e. The van der Waals surface area contributed by atoms with Gasteiger partial charge in [0.05, 0.1) is 7.11 Å². The Morgan fingerprint density at radius 2 is 1.70 bits per heavy atom. The lowest BCUT2D eigenvalue weighted by Gasteiger charge is -2.06. The Kier molecular flexibility index (Phi) is 3.95. The van der Waals surface area contributed by atoms with Crippen LogP contribution in [-0.4, -0.2) is 29.1 Å². The summed E-state index contributed by atoms with van der Waals surface area (Å²) >= 11 is 0. The number of nitrogens with zero attached hydrogens (tertiary/aromatic N) is 1. The highest BCUT2D eigenvalue weighted by Crippen LogP contribution is 2.19. The number of hydrogen-bond donors (Lipinski definition) is 1. The van der Waals surface area contributed by atoms with Crippen molar-refractivity contribution in [1.82, 2.24) is 4.98 Å². The molecule has 2 aromatic rings. The number of hydrogen-bond acceptors (Lipinski definition) is 5. The SMILES string of the molecule is COc1cccc(OC(=O)c2cccc(C(=O)O)n2)c1. The van der Waals surface area contributed by atoms with Gasteiger partial charge < -0.3 is 14.6 Å². The third kappa shape index (κ3) is 3.11. The number of rotatable bonds is 4. The van der Waals surface area contributed by atoms with Crippen LogP contribution in [0.25, 0.3) is 0 Å². The molecule has 0 fully saturated rings. The molecule has 0 saturated heterocycles. The maximum absolute atomic E-state index is 11.9. The number of carbonyl (C=O) groups excluding carboxylic acids is 1. The summed E-state index contributed by atoms with van der Waals surface area (Å²) in [7, 11) is 1.50. The van der Waals surface area contributed by atoms with Crippen molar-refractivity contribution in [3.8, 4) is 11.5 Å². The van der Waals surface area contributed by atoms with Crippen molar-refractivity contribution in [1.29, 1.82) is 0 Å². The molecule has 0 aliphatic rings. The van der Waals surface area contributed by atoms with Crippen LogP contribution in [0, 0.1) is 0 Å². The van der Waals surface area contributed by atoms with Gasteiger partial charge in [-0.05, 0) is 24.3 Å². The van der Waals surface area contributed by atoms with Crippen LogP contribution >= 0.6 is 0 Å². The summed E-state index contributed by atoms with van der Waals surface area (Å²) in [6, 6.07) is 10.6. The molecule has 1 aromatic heterocycles. The van der Waals surface area contributed by atoms with Gasteiger partial charge in [-0.2, -0.15) is 0 Å². The van der Waals surface area contributed by atoms with E-state index in [1.807, 2.05) is 0 Å². The molecule has 102 valence electrons. The summed E-state index contributed by atoms with van der Waals surface area (Å²) < 4.78 is 10.1. The average molecular weight is 273 g/mol. The van der Waals surface area contributed by atoms with Gasteiger partial charge >= 0.3 is 11.9 Å². The molecule has 0 saturated carbocycles. The minimum atomic E-state index is -1.21. The van der Waals surface area contributed by atoms with Crippen LogP contribution in [0.5, 0.6) is 11.5 Å². The standard InChI is InChI=1S/C14H11NO5/c1-19-9-4-2-5-10(8-9)20-14(18)12-7-3-6-11(15-12)13(16)17/h2-8H,1H3,(H,16,17). The second-order valence-electron chi connectivity index (χ2n) is 3.78. The quantitative estimate of drug-likeness (QED) is 0.677. The number of aromatic nitrogens is 1. The Balaban J connectivity index is 2.19. The zero-order valence-corrected chi connectivity index (χ0v) is 10.6. The first-order valence-corrected chi connectivity index (χ1v) is 5.67. The van der Waals surface area contributed by atoms with Crippen LogP contribution in [0.1, 0.15) is 21.0 Å². The highest BCUT2D eigenvalue weighted by molar-refractivity contribution is 5.91. The second-order valence-corrected chi connectivity index (χ2v) is 3.78. The van der Waals surface area contributed by atoms with Crippen LogP contribution in [0.3, 0.4) is 0 Å². The van der Waals surface area contributed by atoms with Gasteiger partial charge in [0, 0.05) is 6.07 Å². The van der Waals surface area contributed by atoms with E-state index in [2.05, 4.69) is 4.98 Å². The number of esters is 1. The van der Waals surface area contributed by atoms with Crippen molar-refractivity contribution in [3.63, 3.8) is 0 Å². The third-order valence-electron chi connectivity index (χ3n) is 2.43. The summed E-state index contributed by atoms with van der Waals surface area (Å²) in [4.78, 5) is 26.4. The zero-order chi connectivity index (χ0) is 14.5. The number of carbonyl (C=O) groups is 2. The molecule has 0 spiro atoms. The number of benzene rings is 1. The molecule has 1 N–H and O–H groups in total. The molecule has 0 aliphatic carbocycles. The van der Waals surface area contributed by atoms with E-state index in [4.69, 9.17) is 14.6 Å². The minimum absolute atomic E-state index is 0.0762. The topological polar surface area (TPSA) is 85.7 Å². The van der Waals surface area contributed by atoms with Gasteiger partial charge in [0.25, 0.3) is 0 Å². The van der Waals surface area contributed by atoms with Crippen molar-refractivity contribution in [2.24, 2.45) is 0 Å². The predicted molar refractivity (Wildman–Crippen MR) is 69.1 cm³/mol. The lowest BCUT2D eigenvalue weighted by molar-refractivity contribution is 0.0689. The molecule has 1 aromatic carbocycles. The Morgan fingerprint density at radius 1 is 1.05 bits per heavy atom. The van der Waals surface area contributed by atoms with Gasteiger partial charge in [0.15, 0.2) is 0 Å². The van der Waals surface area contributed by atoms with Gasteiger partial charge in [-0.3, -0.25) is 0 Å². The fraction of sp³-hybridized carbons (Fsp3) is 0.0714. The van der Waals surface area contributed by atoms with Crippen LogP contribution in [-0.2, 0) is 0 Å². The maximum Gasteiger partial charge on any atom is 0.362 e. The highest BCUT2D eigenvalue weighted by Gasteiger charge is 2.13. The first-order valence-electron chi connectivity index (χ1n) is 5.67. The number of aromatic carboxylic acids is 1. The first kappa shape index (κ1) is 13.5. The molecule has 2 rings (SSSR count). The van der Waals surface area contributed by atoms with Crippen molar-refractivity contribution >= 4 is 11.9 Å². The first-order chi connectivity index (χ1) is 9.60. The smallest absolute Gasteiger partial charge is 0.362 e. The Labute approximate surface area is 114 Å². The minimum Gasteiger partial charge on any atom is -0.497 e. The van der Waals surface area contributed by atoms with Crippen molar-refractivity contribution in [2.75, 3.05) is 7.11 Å². The number of methoxy groups -OCH3 is 1. The van der Waals surface area contributed by atoms with Gasteiger partial charge in [-0.25, -0.2) is 14.6 Å². The molecule has 0 amide bonds. The van der Waals surface area contributed by atoms with Crippen molar-refractivity contribution in [2.45, 2.75) is 0 Å². The lowest BCUT2D eigenvalue weighted by Crippen LogP contribution is -2.13. The number of pyridine rings is 1. The lowest BCUT2D eigenvalue weighted by atomic mass is 10.3. The van der Waals surface area contributed by atoms with Gasteiger partial charge in [0.2, 0.25) is 0 Å². The van der Waals surface area contributed by atoms with Gasteiger partial charge in [-0.15, -0.1) is 0 Å². The normalized spacial score (nSPS) is 9.85. The van der Waals surface area contributed by atoms with E-state index in [0.29, 0.717) is 5.75 Å². The molecule has 0 atom stereocenters. The van der Waals surface area contributed by atoms with E-state index in [1.165, 1.54) is 25.3 Å². The van der Waals surface area contributed by atoms with Crippen LogP contribution in [0.2, 0.25) is 0 Å². The van der Waals surface area contributed by atoms with E-state index >= 15 is 0 Å². The number of ether oxygens (including phenoxy) is 2. The molecule has 0 aliphatic heterocycles. The van der Waals surface area contributed by atoms with E-state index in [-0.39, 0.29) is 17.1 Å². The molecule has 0 unspecified atom stereocenters. The van der Waals surface area contributed by atoms with Gasteiger partial charge in [-0.1, -0.05) is 12.1 Å². The zero-order valence-electron chi connectivity index (χ0n) is 10.6. The monoisotopic (exact) mass is 273 g/mol. The molecule has 0 bridgehead atoms. The fourth-order valence-corrected chi connectivity index (χ4v) is 1.49. The third-order valence-corrected chi connectivity index (χ3v) is 2.43. The van der Waals surface area contributed by atoms with Crippen LogP contribution in [0.4, 0.5) is 0 Å². The van der Waals surface area contributed by atoms with Crippen LogP contribution in [0.15, 0.2) is 42.5 Å². The molecule has 0 radical (unpaired) electrons. The second kappa shape index (κ2) is 5.83. The fourth-order valence-electron chi connectivity index (χ4n) is 1.49. The summed E-state index contributed by atoms with van der Waals surface area (Å²) in [5, 5.41) is 8.82. The molecule has 6 heteroatoms.